The topological polar surface area (TPSA) is 70.7 Å². The average Bonchev–Trinajstić information content (AvgIpc) is 2.59. The van der Waals surface area contributed by atoms with Gasteiger partial charge in [-0.2, -0.15) is 0 Å². The number of ether oxygens (including phenoxy) is 1. The molecule has 0 saturated heterocycles. The largest absolute Gasteiger partial charge is 0.573 e. The number of carbonyl (C=O) groups is 2. The molecule has 9 heteroatoms. The summed E-state index contributed by atoms with van der Waals surface area (Å²) in [4.78, 5) is 26.0. The lowest BCUT2D eigenvalue weighted by molar-refractivity contribution is -0.274. The number of rotatable bonds is 7. The van der Waals surface area contributed by atoms with Gasteiger partial charge in [0.1, 0.15) is 5.75 Å². The van der Waals surface area contributed by atoms with E-state index in [-0.39, 0.29) is 36.7 Å². The Morgan fingerprint density at radius 1 is 1.10 bits per heavy atom. The van der Waals surface area contributed by atoms with Gasteiger partial charge >= 0.3 is 6.36 Å². The molecule has 2 N–H and O–H groups in total. The zero-order chi connectivity index (χ0) is 21.6. The third-order valence-electron chi connectivity index (χ3n) is 5.25. The summed E-state index contributed by atoms with van der Waals surface area (Å²) in [6.07, 6.45) is -1.52. The van der Waals surface area contributed by atoms with Crippen molar-refractivity contribution in [3.8, 4) is 5.75 Å². The molecule has 1 saturated carbocycles. The summed E-state index contributed by atoms with van der Waals surface area (Å²) >= 11 is 0. The van der Waals surface area contributed by atoms with Gasteiger partial charge < -0.3 is 15.4 Å². The van der Waals surface area contributed by atoms with Crippen LogP contribution in [-0.2, 0) is 9.59 Å². The fourth-order valence-electron chi connectivity index (χ4n) is 3.52. The van der Waals surface area contributed by atoms with E-state index in [1.807, 2.05) is 0 Å². The molecule has 2 rings (SSSR count). The van der Waals surface area contributed by atoms with Crippen LogP contribution in [0.5, 0.6) is 5.75 Å². The fraction of sp³-hybridized carbons (Fsp3) is 0.600. The highest BCUT2D eigenvalue weighted by Crippen LogP contribution is 2.29. The van der Waals surface area contributed by atoms with Crippen LogP contribution in [-0.4, -0.2) is 49.3 Å². The van der Waals surface area contributed by atoms with Crippen molar-refractivity contribution in [3.63, 3.8) is 0 Å². The van der Waals surface area contributed by atoms with E-state index in [1.54, 1.807) is 11.9 Å². The van der Waals surface area contributed by atoms with Crippen molar-refractivity contribution in [3.05, 3.63) is 24.3 Å². The summed E-state index contributed by atoms with van der Waals surface area (Å²) in [7, 11) is 1.66. The quantitative estimate of drug-likeness (QED) is 0.716. The molecule has 2 amide bonds. The lowest BCUT2D eigenvalue weighted by Crippen LogP contribution is -2.47. The molecule has 0 spiro atoms. The minimum atomic E-state index is -4.76. The number of benzene rings is 1. The van der Waals surface area contributed by atoms with Gasteiger partial charge in [0.25, 0.3) is 0 Å². The third-order valence-corrected chi connectivity index (χ3v) is 5.25. The summed E-state index contributed by atoms with van der Waals surface area (Å²) in [5, 5.41) is 5.64. The van der Waals surface area contributed by atoms with Crippen LogP contribution in [0.15, 0.2) is 24.3 Å². The van der Waals surface area contributed by atoms with Crippen molar-refractivity contribution in [1.82, 2.24) is 10.2 Å². The van der Waals surface area contributed by atoms with Crippen LogP contribution in [0.3, 0.4) is 0 Å². The van der Waals surface area contributed by atoms with Crippen LogP contribution in [0.25, 0.3) is 0 Å². The summed E-state index contributed by atoms with van der Waals surface area (Å²) in [6.45, 7) is 4.41. The average molecular weight is 415 g/mol. The van der Waals surface area contributed by atoms with Gasteiger partial charge in [-0.15, -0.1) is 13.2 Å². The second-order valence-electron chi connectivity index (χ2n) is 7.73. The van der Waals surface area contributed by atoms with Crippen molar-refractivity contribution < 1.29 is 27.5 Å². The number of alkyl halides is 3. The molecule has 0 unspecified atom stereocenters. The van der Waals surface area contributed by atoms with Gasteiger partial charge in [-0.05, 0) is 49.6 Å². The number of carbonyl (C=O) groups excluding carboxylic acids is 2. The standard InChI is InChI=1S/C20H28F3N3O3/c1-13-5-4-6-17(14(13)2)25-19(28)12-26(3)11-18(27)24-15-7-9-16(10-8-15)29-20(21,22)23/h7-10,13-14,17H,4-6,11-12H2,1-3H3,(H,24,27)(H,25,28)/t13-,14-,17+/m1/s1. The van der Waals surface area contributed by atoms with Crippen LogP contribution in [0.4, 0.5) is 18.9 Å². The Balaban J connectivity index is 1.76. The first-order chi connectivity index (χ1) is 13.5. The highest BCUT2D eigenvalue weighted by atomic mass is 19.4. The molecule has 0 bridgehead atoms. The number of halogens is 3. The molecule has 1 aliphatic rings. The molecule has 1 aromatic rings. The zero-order valence-electron chi connectivity index (χ0n) is 16.9. The number of likely N-dealkylation sites (N-methyl/N-ethyl adjacent to an activating group) is 1. The molecular formula is C20H28F3N3O3. The summed E-state index contributed by atoms with van der Waals surface area (Å²) in [5.74, 6) is 0.135. The van der Waals surface area contributed by atoms with Crippen LogP contribution >= 0.6 is 0 Å². The van der Waals surface area contributed by atoms with E-state index in [9.17, 15) is 22.8 Å². The van der Waals surface area contributed by atoms with Gasteiger partial charge in [-0.25, -0.2) is 0 Å². The van der Waals surface area contributed by atoms with E-state index in [0.29, 0.717) is 17.5 Å². The van der Waals surface area contributed by atoms with Crippen molar-refractivity contribution in [2.24, 2.45) is 11.8 Å². The first-order valence-corrected chi connectivity index (χ1v) is 9.67. The first kappa shape index (κ1) is 23.0. The zero-order valence-corrected chi connectivity index (χ0v) is 16.9. The van der Waals surface area contributed by atoms with Crippen molar-refractivity contribution in [2.45, 2.75) is 45.5 Å². The second-order valence-corrected chi connectivity index (χ2v) is 7.73. The molecule has 0 radical (unpaired) electrons. The fourth-order valence-corrected chi connectivity index (χ4v) is 3.52. The predicted octanol–water partition coefficient (Wildman–Crippen LogP) is 3.40. The molecule has 29 heavy (non-hydrogen) atoms. The van der Waals surface area contributed by atoms with E-state index in [0.717, 1.165) is 25.0 Å². The Hall–Kier alpha value is -2.29. The maximum atomic E-state index is 12.3. The number of nitrogens with one attached hydrogen (secondary N) is 2. The van der Waals surface area contributed by atoms with Crippen LogP contribution < -0.4 is 15.4 Å². The molecule has 0 aromatic heterocycles. The first-order valence-electron chi connectivity index (χ1n) is 9.67. The van der Waals surface area contributed by atoms with E-state index in [2.05, 4.69) is 29.2 Å². The molecule has 0 heterocycles. The number of hydrogen-bond donors (Lipinski definition) is 2. The summed E-state index contributed by atoms with van der Waals surface area (Å²) in [5.41, 5.74) is 0.340. The Morgan fingerprint density at radius 2 is 1.72 bits per heavy atom. The van der Waals surface area contributed by atoms with Crippen molar-refractivity contribution in [2.75, 3.05) is 25.5 Å². The van der Waals surface area contributed by atoms with E-state index < -0.39 is 6.36 Å². The second kappa shape index (κ2) is 9.96. The monoisotopic (exact) mass is 415 g/mol. The van der Waals surface area contributed by atoms with Crippen molar-refractivity contribution in [1.29, 1.82) is 0 Å². The van der Waals surface area contributed by atoms with E-state index in [4.69, 9.17) is 0 Å². The van der Waals surface area contributed by atoms with Gasteiger partial charge in [0.15, 0.2) is 0 Å². The maximum absolute atomic E-state index is 12.3. The van der Waals surface area contributed by atoms with Crippen LogP contribution in [0, 0.1) is 11.8 Å². The number of hydrogen-bond acceptors (Lipinski definition) is 4. The highest BCUT2D eigenvalue weighted by Gasteiger charge is 2.31. The summed E-state index contributed by atoms with van der Waals surface area (Å²) < 4.78 is 40.3. The predicted molar refractivity (Wildman–Crippen MR) is 103 cm³/mol. The Kier molecular flexibility index (Phi) is 7.89. The molecule has 162 valence electrons. The molecule has 1 aromatic carbocycles. The Morgan fingerprint density at radius 3 is 2.34 bits per heavy atom. The van der Waals surface area contributed by atoms with Gasteiger partial charge in [-0.3, -0.25) is 14.5 Å². The van der Waals surface area contributed by atoms with Gasteiger partial charge in [0.05, 0.1) is 13.1 Å². The highest BCUT2D eigenvalue weighted by molar-refractivity contribution is 5.92. The maximum Gasteiger partial charge on any atom is 0.573 e. The number of amides is 2. The smallest absolute Gasteiger partial charge is 0.406 e. The molecule has 0 aliphatic heterocycles. The third kappa shape index (κ3) is 7.92. The number of anilines is 1. The summed E-state index contributed by atoms with van der Waals surface area (Å²) in [6, 6.07) is 5.03. The molecule has 1 fully saturated rings. The van der Waals surface area contributed by atoms with Gasteiger partial charge in [-0.1, -0.05) is 26.7 Å². The SMILES string of the molecule is C[C@@H]1[C@H](C)CCC[C@@H]1NC(=O)CN(C)CC(=O)Nc1ccc(OC(F)(F)F)cc1. The van der Waals surface area contributed by atoms with Gasteiger partial charge in [0, 0.05) is 11.7 Å². The lowest BCUT2D eigenvalue weighted by Gasteiger charge is -2.34. The minimum Gasteiger partial charge on any atom is -0.406 e. The molecule has 6 nitrogen and oxygen atoms in total. The Labute approximate surface area is 168 Å². The molecule has 3 atom stereocenters. The minimum absolute atomic E-state index is 0.0230. The van der Waals surface area contributed by atoms with E-state index in [1.165, 1.54) is 18.6 Å². The number of nitrogens with zero attached hydrogens (tertiary/aromatic N) is 1. The molecule has 1 aliphatic carbocycles. The molecular weight excluding hydrogens is 387 g/mol. The van der Waals surface area contributed by atoms with Crippen LogP contribution in [0.1, 0.15) is 33.1 Å². The van der Waals surface area contributed by atoms with Crippen LogP contribution in [0.2, 0.25) is 0 Å². The lowest BCUT2D eigenvalue weighted by atomic mass is 9.78. The van der Waals surface area contributed by atoms with E-state index >= 15 is 0 Å². The Bertz CT molecular complexity index is 694. The normalized spacial score (nSPS) is 22.2. The van der Waals surface area contributed by atoms with Gasteiger partial charge in [0.2, 0.25) is 11.8 Å². The van der Waals surface area contributed by atoms with Crippen molar-refractivity contribution >= 4 is 17.5 Å².